The molecular weight excluding hydrogens is 579 g/mol. The lowest BCUT2D eigenvalue weighted by Crippen LogP contribution is -2.53. The molecule has 0 aliphatic carbocycles. The van der Waals surface area contributed by atoms with Crippen LogP contribution in [-0.2, 0) is 27.4 Å². The molecule has 1 aromatic heterocycles. The van der Waals surface area contributed by atoms with Gasteiger partial charge in [-0.3, -0.25) is 9.48 Å². The Hall–Kier alpha value is -4.74. The van der Waals surface area contributed by atoms with E-state index in [4.69, 9.17) is 9.47 Å². The molecule has 0 spiro atoms. The number of fused-ring (bicyclic) bond motifs is 1. The summed E-state index contributed by atoms with van der Waals surface area (Å²) in [6.45, 7) is 10.3. The minimum Gasteiger partial charge on any atom is -0.445 e. The molecule has 3 heterocycles. The van der Waals surface area contributed by atoms with Gasteiger partial charge in [0.05, 0.1) is 18.3 Å². The average molecular weight is 619 g/mol. The molecule has 4 unspecified atom stereocenters. The lowest BCUT2D eigenvalue weighted by molar-refractivity contribution is -0.135. The second-order valence-electron chi connectivity index (χ2n) is 12.4. The third-order valence-electron chi connectivity index (χ3n) is 7.95. The van der Waals surface area contributed by atoms with Crippen molar-refractivity contribution in [1.82, 2.24) is 30.1 Å². The highest BCUT2D eigenvalue weighted by atomic mass is 19.1. The summed E-state index contributed by atoms with van der Waals surface area (Å²) in [4.78, 5) is 43.5. The summed E-state index contributed by atoms with van der Waals surface area (Å²) in [5.41, 5.74) is 1.44. The Morgan fingerprint density at radius 1 is 1.11 bits per heavy atom. The predicted molar refractivity (Wildman–Crippen MR) is 164 cm³/mol. The summed E-state index contributed by atoms with van der Waals surface area (Å²) >= 11 is 0. The number of halogens is 1. The number of carbonyl (C=O) groups is 3. The highest BCUT2D eigenvalue weighted by Gasteiger charge is 2.53. The molecule has 1 N–H and O–H groups in total. The van der Waals surface area contributed by atoms with Crippen LogP contribution < -0.4 is 5.32 Å². The first-order chi connectivity index (χ1) is 21.5. The van der Waals surface area contributed by atoms with Gasteiger partial charge in [0, 0.05) is 31.1 Å². The van der Waals surface area contributed by atoms with Gasteiger partial charge in [0.15, 0.2) is 0 Å². The van der Waals surface area contributed by atoms with Crippen molar-refractivity contribution in [3.63, 3.8) is 0 Å². The summed E-state index contributed by atoms with van der Waals surface area (Å²) in [5.74, 6) is -0.827. The van der Waals surface area contributed by atoms with Gasteiger partial charge in [0.1, 0.15) is 29.8 Å². The van der Waals surface area contributed by atoms with E-state index in [-0.39, 0.29) is 42.8 Å². The molecule has 2 fully saturated rings. The highest BCUT2D eigenvalue weighted by molar-refractivity contribution is 5.86. The maximum absolute atomic E-state index is 14.0. The number of alkyl carbamates (subject to hydrolysis) is 1. The summed E-state index contributed by atoms with van der Waals surface area (Å²) in [5, 5.41) is 11.3. The molecule has 0 radical (unpaired) electrons. The summed E-state index contributed by atoms with van der Waals surface area (Å²) in [6.07, 6.45) is 2.97. The number of hydrogen-bond donors (Lipinski definition) is 1. The fourth-order valence-electron chi connectivity index (χ4n) is 6.06. The lowest BCUT2D eigenvalue weighted by atomic mass is 9.98. The van der Waals surface area contributed by atoms with Gasteiger partial charge in [-0.2, -0.15) is 0 Å². The number of carbonyl (C=O) groups excluding carboxylic acids is 3. The minimum atomic E-state index is -0.882. The fraction of sp³-hybridized carbons (Fsp3) is 0.424. The van der Waals surface area contributed by atoms with Crippen molar-refractivity contribution in [3.05, 3.63) is 84.8 Å². The average Bonchev–Trinajstić information content (AvgIpc) is 3.73. The summed E-state index contributed by atoms with van der Waals surface area (Å²) in [7, 11) is 0. The van der Waals surface area contributed by atoms with Gasteiger partial charge < -0.3 is 24.6 Å². The molecular formula is C33H39FN6O5. The Morgan fingerprint density at radius 3 is 2.53 bits per heavy atom. The Bertz CT molecular complexity index is 1510. The van der Waals surface area contributed by atoms with E-state index >= 15 is 0 Å². The van der Waals surface area contributed by atoms with Crippen LogP contribution in [0.5, 0.6) is 0 Å². The molecule has 2 aromatic carbocycles. The zero-order chi connectivity index (χ0) is 32.1. The van der Waals surface area contributed by atoms with Gasteiger partial charge in [-0.15, -0.1) is 11.7 Å². The van der Waals surface area contributed by atoms with E-state index in [9.17, 15) is 18.8 Å². The van der Waals surface area contributed by atoms with Gasteiger partial charge in [0.25, 0.3) is 0 Å². The molecule has 11 nitrogen and oxygen atoms in total. The largest absolute Gasteiger partial charge is 0.445 e. The minimum absolute atomic E-state index is 0.131. The number of ether oxygens (including phenoxy) is 2. The van der Waals surface area contributed by atoms with Crippen LogP contribution in [-0.4, -0.2) is 79.7 Å². The molecule has 0 saturated carbocycles. The van der Waals surface area contributed by atoms with E-state index in [0.717, 1.165) is 11.1 Å². The van der Waals surface area contributed by atoms with E-state index < -0.39 is 23.8 Å². The summed E-state index contributed by atoms with van der Waals surface area (Å²) in [6, 6.07) is 13.9. The van der Waals surface area contributed by atoms with E-state index in [1.165, 1.54) is 12.1 Å². The standard InChI is InChI=1S/C33H39FN6O5/c1-5-9-26(35-31(42)45-33(2,3)4)30(41)39-17-16-28-29(39)24(19-40(28)32(43)44-21-22-10-7-6-8-11-22)18-38-20-27(36-37-38)23-12-14-25(34)15-13-23/h5-8,10-15,20,24,26,28-29H,1,9,16-19,21H2,2-4H3,(H,35,42). The van der Waals surface area contributed by atoms with Crippen molar-refractivity contribution in [2.75, 3.05) is 13.1 Å². The molecule has 5 rings (SSSR count). The number of nitrogens with one attached hydrogen (secondary N) is 1. The first-order valence-corrected chi connectivity index (χ1v) is 15.1. The van der Waals surface area contributed by atoms with E-state index in [1.807, 2.05) is 30.3 Å². The van der Waals surface area contributed by atoms with Crippen molar-refractivity contribution in [2.24, 2.45) is 5.92 Å². The monoisotopic (exact) mass is 618 g/mol. The Balaban J connectivity index is 1.36. The lowest BCUT2D eigenvalue weighted by Gasteiger charge is -2.32. The Morgan fingerprint density at radius 2 is 1.84 bits per heavy atom. The van der Waals surface area contributed by atoms with Crippen LogP contribution in [0.4, 0.5) is 14.0 Å². The predicted octanol–water partition coefficient (Wildman–Crippen LogP) is 4.79. The normalized spacial score (nSPS) is 20.0. The van der Waals surface area contributed by atoms with Crippen LogP contribution in [0.15, 0.2) is 73.4 Å². The maximum atomic E-state index is 14.0. The third kappa shape index (κ3) is 7.68. The van der Waals surface area contributed by atoms with Crippen LogP contribution >= 0.6 is 0 Å². The van der Waals surface area contributed by atoms with Gasteiger partial charge in [-0.1, -0.05) is 41.6 Å². The fourth-order valence-corrected chi connectivity index (χ4v) is 6.06. The number of amides is 3. The van der Waals surface area contributed by atoms with Gasteiger partial charge >= 0.3 is 12.2 Å². The quantitative estimate of drug-likeness (QED) is 0.343. The number of hydrogen-bond acceptors (Lipinski definition) is 7. The first kappa shape index (κ1) is 31.7. The summed E-state index contributed by atoms with van der Waals surface area (Å²) < 4.78 is 26.2. The van der Waals surface area contributed by atoms with Crippen LogP contribution in [0.25, 0.3) is 11.3 Å². The first-order valence-electron chi connectivity index (χ1n) is 15.1. The Labute approximate surface area is 262 Å². The third-order valence-corrected chi connectivity index (χ3v) is 7.95. The van der Waals surface area contributed by atoms with Crippen LogP contribution in [0.2, 0.25) is 0 Å². The molecule has 238 valence electrons. The molecule has 3 aromatic rings. The van der Waals surface area contributed by atoms with Crippen LogP contribution in [0, 0.1) is 11.7 Å². The van der Waals surface area contributed by atoms with Crippen molar-refractivity contribution >= 4 is 18.1 Å². The van der Waals surface area contributed by atoms with Crippen molar-refractivity contribution in [1.29, 1.82) is 0 Å². The van der Waals surface area contributed by atoms with Crippen LogP contribution in [0.3, 0.4) is 0 Å². The number of aromatic nitrogens is 3. The number of nitrogens with zero attached hydrogens (tertiary/aromatic N) is 5. The van der Waals surface area contributed by atoms with Gasteiger partial charge in [-0.25, -0.2) is 14.0 Å². The van der Waals surface area contributed by atoms with Gasteiger partial charge in [0.2, 0.25) is 5.91 Å². The molecule has 2 saturated heterocycles. The van der Waals surface area contributed by atoms with Crippen molar-refractivity contribution in [3.8, 4) is 11.3 Å². The molecule has 2 aliphatic heterocycles. The van der Waals surface area contributed by atoms with Crippen LogP contribution in [0.1, 0.15) is 39.2 Å². The number of rotatable bonds is 9. The maximum Gasteiger partial charge on any atom is 0.410 e. The zero-order valence-electron chi connectivity index (χ0n) is 25.8. The zero-order valence-corrected chi connectivity index (χ0v) is 25.8. The molecule has 4 atom stereocenters. The molecule has 0 bridgehead atoms. The topological polar surface area (TPSA) is 119 Å². The molecule has 12 heteroatoms. The van der Waals surface area contributed by atoms with Crippen molar-refractivity contribution in [2.45, 2.75) is 70.5 Å². The van der Waals surface area contributed by atoms with E-state index in [2.05, 4.69) is 22.2 Å². The smallest absolute Gasteiger partial charge is 0.410 e. The van der Waals surface area contributed by atoms with Gasteiger partial charge in [-0.05, 0) is 63.4 Å². The van der Waals surface area contributed by atoms with E-state index in [1.54, 1.807) is 59.7 Å². The number of benzene rings is 2. The second kappa shape index (κ2) is 13.5. The molecule has 45 heavy (non-hydrogen) atoms. The Kier molecular flexibility index (Phi) is 9.50. The number of likely N-dealkylation sites (tertiary alicyclic amines) is 2. The molecule has 2 aliphatic rings. The molecule has 3 amide bonds. The van der Waals surface area contributed by atoms with E-state index in [0.29, 0.717) is 31.7 Å². The second-order valence-corrected chi connectivity index (χ2v) is 12.4. The van der Waals surface area contributed by atoms with Crippen molar-refractivity contribution < 1.29 is 28.2 Å². The highest BCUT2D eigenvalue weighted by Crippen LogP contribution is 2.37. The SMILES string of the molecule is C=CCC(NC(=O)OC(C)(C)C)C(=O)N1CCC2C1C(Cn1cc(-c3ccc(F)cc3)nn1)CN2C(=O)OCc1ccccc1.